The van der Waals surface area contributed by atoms with Gasteiger partial charge in [0, 0.05) is 33.0 Å². The van der Waals surface area contributed by atoms with Crippen molar-refractivity contribution in [3.8, 4) is 89.8 Å². The van der Waals surface area contributed by atoms with Crippen molar-refractivity contribution in [3.63, 3.8) is 0 Å². The van der Waals surface area contributed by atoms with Crippen molar-refractivity contribution in [2.24, 2.45) is 0 Å². The van der Waals surface area contributed by atoms with Gasteiger partial charge in [-0.3, -0.25) is 0 Å². The van der Waals surface area contributed by atoms with E-state index in [1.165, 1.54) is 0 Å². The van der Waals surface area contributed by atoms with E-state index in [0.29, 0.717) is 17.5 Å². The molecule has 0 atom stereocenters. The summed E-state index contributed by atoms with van der Waals surface area (Å²) in [5.41, 5.74) is 15.4. The molecule has 0 bridgehead atoms. The Kier molecular flexibility index (Phi) is 9.14. The van der Waals surface area contributed by atoms with Gasteiger partial charge >= 0.3 is 0 Å². The van der Waals surface area contributed by atoms with E-state index in [1.54, 1.807) is 0 Å². The van der Waals surface area contributed by atoms with E-state index in [4.69, 9.17) is 19.4 Å². The van der Waals surface area contributed by atoms with Crippen molar-refractivity contribution < 1.29 is 4.42 Å². The first-order chi connectivity index (χ1) is 30.2. The van der Waals surface area contributed by atoms with Gasteiger partial charge < -0.3 is 4.42 Å². The summed E-state index contributed by atoms with van der Waals surface area (Å²) in [6.45, 7) is 0. The molecule has 0 aliphatic carbocycles. The van der Waals surface area contributed by atoms with Gasteiger partial charge in [0.1, 0.15) is 11.2 Å². The molecule has 11 aromatic rings. The first kappa shape index (κ1) is 35.9. The van der Waals surface area contributed by atoms with Gasteiger partial charge in [0.2, 0.25) is 0 Å². The topological polar surface area (TPSA) is 51.8 Å². The van der Waals surface area contributed by atoms with Gasteiger partial charge in [-0.2, -0.15) is 0 Å². The van der Waals surface area contributed by atoms with Crippen LogP contribution in [0.25, 0.3) is 112 Å². The van der Waals surface area contributed by atoms with Crippen molar-refractivity contribution in [2.45, 2.75) is 0 Å². The van der Waals surface area contributed by atoms with Crippen molar-refractivity contribution in [1.82, 2.24) is 15.0 Å². The van der Waals surface area contributed by atoms with Gasteiger partial charge in [-0.1, -0.05) is 200 Å². The normalized spacial score (nSPS) is 11.3. The predicted octanol–water partition coefficient (Wildman–Crippen LogP) is 15.1. The van der Waals surface area contributed by atoms with Crippen LogP contribution in [0.1, 0.15) is 0 Å². The van der Waals surface area contributed by atoms with Crippen molar-refractivity contribution in [3.05, 3.63) is 224 Å². The maximum Gasteiger partial charge on any atom is 0.164 e. The fourth-order valence-corrected chi connectivity index (χ4v) is 8.47. The average Bonchev–Trinajstić information content (AvgIpc) is 3.74. The highest BCUT2D eigenvalue weighted by molar-refractivity contribution is 6.17. The van der Waals surface area contributed by atoms with Gasteiger partial charge in [0.15, 0.2) is 17.5 Å². The molecule has 0 unspecified atom stereocenters. The van der Waals surface area contributed by atoms with E-state index in [1.807, 2.05) is 48.5 Å². The summed E-state index contributed by atoms with van der Waals surface area (Å²) in [7, 11) is 0. The number of hydrogen-bond donors (Lipinski definition) is 0. The van der Waals surface area contributed by atoms with Crippen molar-refractivity contribution in [1.29, 1.82) is 0 Å². The molecule has 0 aliphatic heterocycles. The fraction of sp³-hybridized carbons (Fsp3) is 0. The van der Waals surface area contributed by atoms with E-state index in [0.717, 1.165) is 94.3 Å². The van der Waals surface area contributed by atoms with Crippen LogP contribution in [0.5, 0.6) is 0 Å². The highest BCUT2D eigenvalue weighted by Crippen LogP contribution is 2.46. The maximum absolute atomic E-state index is 7.02. The first-order valence-corrected chi connectivity index (χ1v) is 20.5. The van der Waals surface area contributed by atoms with Crippen molar-refractivity contribution in [2.75, 3.05) is 0 Å². The second-order valence-corrected chi connectivity index (χ2v) is 15.1. The zero-order chi connectivity index (χ0) is 40.5. The lowest BCUT2D eigenvalue weighted by atomic mass is 9.88. The summed E-state index contributed by atoms with van der Waals surface area (Å²) >= 11 is 0. The molecule has 0 aliphatic rings. The predicted molar refractivity (Wildman–Crippen MR) is 251 cm³/mol. The lowest BCUT2D eigenvalue weighted by Gasteiger charge is -2.15. The summed E-state index contributed by atoms with van der Waals surface area (Å²) in [6, 6.07) is 78.1. The molecule has 4 nitrogen and oxygen atoms in total. The minimum absolute atomic E-state index is 0.573. The molecular formula is C57H37N3O. The lowest BCUT2D eigenvalue weighted by Crippen LogP contribution is -2.00. The molecule has 9 aromatic carbocycles. The molecular weight excluding hydrogens is 743 g/mol. The van der Waals surface area contributed by atoms with Gasteiger partial charge in [0.25, 0.3) is 0 Å². The smallest absolute Gasteiger partial charge is 0.164 e. The highest BCUT2D eigenvalue weighted by atomic mass is 16.3. The SMILES string of the molecule is c1ccc(-c2cccc(-c3nc(-c4ccccc4)nc(-c4cccc5oc6c(-c7ccccc7-c7ccccc7)cc(-c7ccccc7-c7ccccc7)cc6c45)n3)c2)cc1. The minimum atomic E-state index is 0.573. The maximum atomic E-state index is 7.02. The van der Waals surface area contributed by atoms with Crippen LogP contribution in [0, 0.1) is 0 Å². The van der Waals surface area contributed by atoms with Crippen LogP contribution in [0.2, 0.25) is 0 Å². The average molecular weight is 780 g/mol. The molecule has 0 N–H and O–H groups in total. The van der Waals surface area contributed by atoms with Gasteiger partial charge in [0.05, 0.1) is 0 Å². The molecule has 0 saturated heterocycles. The van der Waals surface area contributed by atoms with E-state index in [2.05, 4.69) is 176 Å². The Labute approximate surface area is 354 Å². The quantitative estimate of drug-likeness (QED) is 0.154. The third kappa shape index (κ3) is 6.76. The van der Waals surface area contributed by atoms with Crippen LogP contribution in [0.4, 0.5) is 0 Å². The molecule has 0 radical (unpaired) electrons. The molecule has 4 heteroatoms. The number of hydrogen-bond acceptors (Lipinski definition) is 4. The number of nitrogens with zero attached hydrogens (tertiary/aromatic N) is 3. The Balaban J connectivity index is 1.19. The highest BCUT2D eigenvalue weighted by Gasteiger charge is 2.23. The van der Waals surface area contributed by atoms with Crippen LogP contribution in [-0.4, -0.2) is 15.0 Å². The van der Waals surface area contributed by atoms with Crippen LogP contribution >= 0.6 is 0 Å². The molecule has 2 heterocycles. The summed E-state index contributed by atoms with van der Waals surface area (Å²) in [6.07, 6.45) is 0. The number of aromatic nitrogens is 3. The van der Waals surface area contributed by atoms with Crippen LogP contribution < -0.4 is 0 Å². The van der Waals surface area contributed by atoms with Gasteiger partial charge in [-0.25, -0.2) is 15.0 Å². The molecule has 0 amide bonds. The van der Waals surface area contributed by atoms with Crippen LogP contribution in [0.15, 0.2) is 229 Å². The Morgan fingerprint density at radius 1 is 0.262 bits per heavy atom. The zero-order valence-corrected chi connectivity index (χ0v) is 33.1. The number of rotatable bonds is 8. The monoisotopic (exact) mass is 779 g/mol. The van der Waals surface area contributed by atoms with E-state index in [-0.39, 0.29) is 0 Å². The standard InChI is InChI=1S/C57H37N3O/c1-5-19-38(20-6-1)42-27-17-28-43(35-42)56-58-55(41-25-11-4-12-26-41)59-57(60-56)49-33-18-34-52-53(49)51-37-44(47-31-14-13-29-45(47)39-21-7-2-8-22-39)36-50(54(51)61-52)48-32-16-15-30-46(48)40-23-9-3-10-24-40/h1-37H. The second kappa shape index (κ2) is 15.5. The number of furan rings is 1. The number of benzene rings is 9. The van der Waals surface area contributed by atoms with Gasteiger partial charge in [-0.05, 0) is 74.3 Å². The van der Waals surface area contributed by atoms with Crippen molar-refractivity contribution >= 4 is 21.9 Å². The Morgan fingerprint density at radius 2 is 0.705 bits per heavy atom. The first-order valence-electron chi connectivity index (χ1n) is 20.5. The van der Waals surface area contributed by atoms with E-state index in [9.17, 15) is 0 Å². The summed E-state index contributed by atoms with van der Waals surface area (Å²) in [5, 5.41) is 1.93. The van der Waals surface area contributed by atoms with E-state index >= 15 is 0 Å². The lowest BCUT2D eigenvalue weighted by molar-refractivity contribution is 0.670. The third-order valence-corrected chi connectivity index (χ3v) is 11.4. The Morgan fingerprint density at radius 3 is 1.34 bits per heavy atom. The molecule has 11 rings (SSSR count). The Bertz CT molecular complexity index is 3340. The van der Waals surface area contributed by atoms with Crippen LogP contribution in [-0.2, 0) is 0 Å². The van der Waals surface area contributed by atoms with Crippen LogP contribution in [0.3, 0.4) is 0 Å². The fourth-order valence-electron chi connectivity index (χ4n) is 8.47. The molecule has 0 spiro atoms. The molecule has 0 fully saturated rings. The zero-order valence-electron chi connectivity index (χ0n) is 33.1. The summed E-state index contributed by atoms with van der Waals surface area (Å²) in [4.78, 5) is 15.6. The van der Waals surface area contributed by atoms with Gasteiger partial charge in [-0.15, -0.1) is 0 Å². The van der Waals surface area contributed by atoms with E-state index < -0.39 is 0 Å². The molecule has 0 saturated carbocycles. The number of fused-ring (bicyclic) bond motifs is 3. The summed E-state index contributed by atoms with van der Waals surface area (Å²) in [5.74, 6) is 1.77. The third-order valence-electron chi connectivity index (χ3n) is 11.4. The second-order valence-electron chi connectivity index (χ2n) is 15.1. The Hall–Kier alpha value is -8.21. The molecule has 61 heavy (non-hydrogen) atoms. The molecule has 286 valence electrons. The largest absolute Gasteiger partial charge is 0.455 e. The molecule has 2 aromatic heterocycles. The minimum Gasteiger partial charge on any atom is -0.455 e. The summed E-state index contributed by atoms with van der Waals surface area (Å²) < 4.78 is 7.02.